The largest absolute Gasteiger partial charge is 0.326 e. The van der Waals surface area contributed by atoms with Crippen molar-refractivity contribution in [1.29, 1.82) is 0 Å². The highest BCUT2D eigenvalue weighted by molar-refractivity contribution is 5.93. The highest BCUT2D eigenvalue weighted by Gasteiger charge is 2.07. The second-order valence-electron chi connectivity index (χ2n) is 4.96. The van der Waals surface area contributed by atoms with Gasteiger partial charge in [-0.25, -0.2) is 0 Å². The van der Waals surface area contributed by atoms with Crippen molar-refractivity contribution in [1.82, 2.24) is 0 Å². The Morgan fingerprint density at radius 2 is 1.58 bits per heavy atom. The molecule has 2 aromatic carbocycles. The lowest BCUT2D eigenvalue weighted by atomic mass is 10.0. The van der Waals surface area contributed by atoms with Gasteiger partial charge < -0.3 is 5.32 Å². The number of amides is 1. The van der Waals surface area contributed by atoms with Gasteiger partial charge in [-0.15, -0.1) is 0 Å². The lowest BCUT2D eigenvalue weighted by molar-refractivity contribution is -0.115. The average molecular weight is 253 g/mol. The molecule has 0 aliphatic carbocycles. The van der Waals surface area contributed by atoms with E-state index in [-0.39, 0.29) is 5.91 Å². The van der Waals surface area contributed by atoms with E-state index in [4.69, 9.17) is 0 Å². The van der Waals surface area contributed by atoms with Crippen LogP contribution in [0.3, 0.4) is 0 Å². The van der Waals surface area contributed by atoms with Crippen LogP contribution < -0.4 is 5.32 Å². The van der Waals surface area contributed by atoms with E-state index in [1.807, 2.05) is 43.3 Å². The monoisotopic (exact) mass is 253 g/mol. The van der Waals surface area contributed by atoms with Crippen molar-refractivity contribution < 1.29 is 4.79 Å². The van der Waals surface area contributed by atoms with Gasteiger partial charge in [0.15, 0.2) is 0 Å². The molecule has 98 valence electrons. The molecule has 0 aliphatic rings. The summed E-state index contributed by atoms with van der Waals surface area (Å²) >= 11 is 0. The molecular weight excluding hydrogens is 234 g/mol. The zero-order chi connectivity index (χ0) is 13.8. The lowest BCUT2D eigenvalue weighted by Crippen LogP contribution is -2.15. The van der Waals surface area contributed by atoms with Crippen molar-refractivity contribution in [2.45, 2.75) is 27.2 Å². The number of nitrogens with one attached hydrogen (secondary N) is 1. The van der Waals surface area contributed by atoms with Crippen LogP contribution >= 0.6 is 0 Å². The molecule has 0 spiro atoms. The first kappa shape index (κ1) is 13.3. The zero-order valence-corrected chi connectivity index (χ0v) is 11.7. The number of aryl methyl sites for hydroxylation is 3. The van der Waals surface area contributed by atoms with Gasteiger partial charge in [-0.3, -0.25) is 4.79 Å². The van der Waals surface area contributed by atoms with E-state index in [9.17, 15) is 4.79 Å². The molecule has 1 N–H and O–H groups in total. The molecule has 19 heavy (non-hydrogen) atoms. The van der Waals surface area contributed by atoms with Crippen LogP contribution in [-0.2, 0) is 11.2 Å². The predicted molar refractivity (Wildman–Crippen MR) is 79.4 cm³/mol. The van der Waals surface area contributed by atoms with Gasteiger partial charge in [-0.1, -0.05) is 36.4 Å². The third kappa shape index (κ3) is 3.44. The van der Waals surface area contributed by atoms with Gasteiger partial charge in [0.25, 0.3) is 0 Å². The Hall–Kier alpha value is -2.09. The van der Waals surface area contributed by atoms with E-state index in [1.54, 1.807) is 0 Å². The average Bonchev–Trinajstić information content (AvgIpc) is 2.37. The fourth-order valence-electron chi connectivity index (χ4n) is 2.07. The number of hydrogen-bond donors (Lipinski definition) is 1. The summed E-state index contributed by atoms with van der Waals surface area (Å²) in [7, 11) is 0. The topological polar surface area (TPSA) is 29.1 Å². The Morgan fingerprint density at radius 1 is 0.947 bits per heavy atom. The summed E-state index contributed by atoms with van der Waals surface area (Å²) in [5, 5.41) is 2.99. The molecule has 0 radical (unpaired) electrons. The Labute approximate surface area is 114 Å². The van der Waals surface area contributed by atoms with Crippen molar-refractivity contribution in [2.75, 3.05) is 5.32 Å². The van der Waals surface area contributed by atoms with Crippen molar-refractivity contribution in [2.24, 2.45) is 0 Å². The molecule has 2 aromatic rings. The van der Waals surface area contributed by atoms with Crippen LogP contribution in [-0.4, -0.2) is 5.91 Å². The summed E-state index contributed by atoms with van der Waals surface area (Å²) in [6, 6.07) is 13.9. The smallest absolute Gasteiger partial charge is 0.228 e. The second-order valence-corrected chi connectivity index (χ2v) is 4.96. The van der Waals surface area contributed by atoms with Crippen LogP contribution in [0.2, 0.25) is 0 Å². The Balaban J connectivity index is 2.09. The van der Waals surface area contributed by atoms with Gasteiger partial charge in [-0.05, 0) is 49.1 Å². The molecule has 2 heteroatoms. The first-order chi connectivity index (χ1) is 9.06. The molecule has 0 saturated carbocycles. The molecule has 0 aromatic heterocycles. The minimum Gasteiger partial charge on any atom is -0.326 e. The molecule has 0 atom stereocenters. The molecule has 0 unspecified atom stereocenters. The van der Waals surface area contributed by atoms with Gasteiger partial charge >= 0.3 is 0 Å². The number of carbonyl (C=O) groups excluding carboxylic acids is 1. The molecule has 0 bridgehead atoms. The lowest BCUT2D eigenvalue weighted by Gasteiger charge is -2.11. The summed E-state index contributed by atoms with van der Waals surface area (Å²) in [6.45, 7) is 6.16. The van der Waals surface area contributed by atoms with Crippen LogP contribution in [0.25, 0.3) is 0 Å². The first-order valence-corrected chi connectivity index (χ1v) is 6.48. The number of hydrogen-bond acceptors (Lipinski definition) is 1. The molecule has 0 fully saturated rings. The third-order valence-corrected chi connectivity index (χ3v) is 3.32. The number of carbonyl (C=O) groups is 1. The van der Waals surface area contributed by atoms with Gasteiger partial charge in [0.1, 0.15) is 0 Å². The van der Waals surface area contributed by atoms with Gasteiger partial charge in [0.2, 0.25) is 5.91 Å². The van der Waals surface area contributed by atoms with E-state index >= 15 is 0 Å². The van der Waals surface area contributed by atoms with Crippen molar-refractivity contribution in [3.63, 3.8) is 0 Å². The van der Waals surface area contributed by atoms with Gasteiger partial charge in [0, 0.05) is 5.69 Å². The van der Waals surface area contributed by atoms with Crippen molar-refractivity contribution in [3.8, 4) is 0 Å². The quantitative estimate of drug-likeness (QED) is 0.885. The highest BCUT2D eigenvalue weighted by Crippen LogP contribution is 2.20. The third-order valence-electron chi connectivity index (χ3n) is 3.32. The predicted octanol–water partition coefficient (Wildman–Crippen LogP) is 3.79. The Kier molecular flexibility index (Phi) is 4.00. The van der Waals surface area contributed by atoms with Crippen LogP contribution in [0.4, 0.5) is 5.69 Å². The minimum atomic E-state index is 0.0255. The molecule has 2 nitrogen and oxygen atoms in total. The van der Waals surface area contributed by atoms with Gasteiger partial charge in [0.05, 0.1) is 6.42 Å². The van der Waals surface area contributed by atoms with Gasteiger partial charge in [-0.2, -0.15) is 0 Å². The number of anilines is 1. The maximum Gasteiger partial charge on any atom is 0.228 e. The van der Waals surface area contributed by atoms with Crippen LogP contribution in [0.5, 0.6) is 0 Å². The fourth-order valence-corrected chi connectivity index (χ4v) is 2.07. The number of rotatable bonds is 3. The number of benzene rings is 2. The van der Waals surface area contributed by atoms with E-state index in [1.165, 1.54) is 11.1 Å². The molecule has 0 saturated heterocycles. The van der Waals surface area contributed by atoms with Crippen LogP contribution in [0, 0.1) is 20.8 Å². The van der Waals surface area contributed by atoms with E-state index in [0.717, 1.165) is 16.8 Å². The second kappa shape index (κ2) is 5.70. The maximum atomic E-state index is 12.0. The Morgan fingerprint density at radius 3 is 2.26 bits per heavy atom. The molecule has 1 amide bonds. The summed E-state index contributed by atoms with van der Waals surface area (Å²) in [6.07, 6.45) is 0.410. The normalized spacial score (nSPS) is 10.3. The Bertz CT molecular complexity index is 588. The van der Waals surface area contributed by atoms with Crippen LogP contribution in [0.1, 0.15) is 22.3 Å². The molecule has 0 heterocycles. The summed E-state index contributed by atoms with van der Waals surface area (Å²) in [5.41, 5.74) is 5.48. The van der Waals surface area contributed by atoms with Crippen molar-refractivity contribution in [3.05, 3.63) is 64.7 Å². The SMILES string of the molecule is Cc1cc(C)c(NC(=O)Cc2ccccc2)cc1C. The summed E-state index contributed by atoms with van der Waals surface area (Å²) in [5.74, 6) is 0.0255. The summed E-state index contributed by atoms with van der Waals surface area (Å²) < 4.78 is 0. The molecule has 0 aliphatic heterocycles. The van der Waals surface area contributed by atoms with Crippen molar-refractivity contribution >= 4 is 11.6 Å². The molecular formula is C17H19NO. The standard InChI is InChI=1S/C17H19NO/c1-12-9-14(3)16(10-13(12)2)18-17(19)11-15-7-5-4-6-8-15/h4-10H,11H2,1-3H3,(H,18,19). The fraction of sp³-hybridized carbons (Fsp3) is 0.235. The zero-order valence-electron chi connectivity index (χ0n) is 11.7. The molecule has 2 rings (SSSR count). The summed E-state index contributed by atoms with van der Waals surface area (Å²) in [4.78, 5) is 12.0. The maximum absolute atomic E-state index is 12.0. The van der Waals surface area contributed by atoms with E-state index < -0.39 is 0 Å². The van der Waals surface area contributed by atoms with Crippen LogP contribution in [0.15, 0.2) is 42.5 Å². The minimum absolute atomic E-state index is 0.0255. The first-order valence-electron chi connectivity index (χ1n) is 6.48. The van der Waals surface area contributed by atoms with E-state index in [0.29, 0.717) is 6.42 Å². The highest BCUT2D eigenvalue weighted by atomic mass is 16.1. The van der Waals surface area contributed by atoms with E-state index in [2.05, 4.69) is 25.2 Å².